The van der Waals surface area contributed by atoms with Crippen molar-refractivity contribution in [3.8, 4) is 11.1 Å². The second-order valence-electron chi connectivity index (χ2n) is 3.62. The fourth-order valence-corrected chi connectivity index (χ4v) is 1.52. The molecule has 4 heteroatoms. The smallest absolute Gasteiger partial charge is 0.216 e. The molecule has 0 radical (unpaired) electrons. The maximum Gasteiger partial charge on any atom is 0.216 e. The molecule has 0 saturated carbocycles. The van der Waals surface area contributed by atoms with Crippen molar-refractivity contribution in [1.82, 2.24) is 9.78 Å². The summed E-state index contributed by atoms with van der Waals surface area (Å²) in [5.74, 6) is 0.388. The van der Waals surface area contributed by atoms with E-state index in [2.05, 4.69) is 29.1 Å². The lowest BCUT2D eigenvalue weighted by molar-refractivity contribution is 0.916. The molecule has 0 fully saturated rings. The minimum Gasteiger partial charge on any atom is -0.368 e. The first-order chi connectivity index (χ1) is 7.70. The van der Waals surface area contributed by atoms with E-state index in [1.165, 1.54) is 5.56 Å². The topological polar surface area (TPSA) is 56.2 Å². The molecule has 0 atom stereocenters. The third-order valence-corrected chi connectivity index (χ3v) is 2.40. The quantitative estimate of drug-likeness (QED) is 0.579. The molecule has 0 aliphatic rings. The van der Waals surface area contributed by atoms with Gasteiger partial charge in [0.25, 0.3) is 0 Å². The summed E-state index contributed by atoms with van der Waals surface area (Å²) in [5, 5.41) is 4.15. The standard InChI is InChI=1S/C12H14N4/c1-9-4-3-5-10(6-9)11-7-15-16(8-11)12(13)14-2/h3-8H,1-2H3,(H2,13,14). The summed E-state index contributed by atoms with van der Waals surface area (Å²) in [7, 11) is 1.64. The van der Waals surface area contributed by atoms with Crippen LogP contribution in [0.25, 0.3) is 11.1 Å². The van der Waals surface area contributed by atoms with Crippen molar-refractivity contribution in [2.75, 3.05) is 7.05 Å². The van der Waals surface area contributed by atoms with Gasteiger partial charge in [-0.2, -0.15) is 5.10 Å². The SMILES string of the molecule is CN=C(N)n1cc(-c2cccc(C)c2)cn1. The Kier molecular flexibility index (Phi) is 2.72. The predicted molar refractivity (Wildman–Crippen MR) is 65.3 cm³/mol. The normalized spacial score (nSPS) is 11.8. The van der Waals surface area contributed by atoms with Crippen LogP contribution in [0.15, 0.2) is 41.7 Å². The van der Waals surface area contributed by atoms with Crippen molar-refractivity contribution in [2.24, 2.45) is 10.7 Å². The van der Waals surface area contributed by atoms with Gasteiger partial charge in [0.15, 0.2) is 0 Å². The fraction of sp³-hybridized carbons (Fsp3) is 0.167. The molecule has 4 nitrogen and oxygen atoms in total. The molecule has 2 rings (SSSR count). The number of aliphatic imine (C=N–C) groups is 1. The van der Waals surface area contributed by atoms with Crippen LogP contribution in [0.3, 0.4) is 0 Å². The summed E-state index contributed by atoms with van der Waals surface area (Å²) in [6.45, 7) is 2.07. The lowest BCUT2D eigenvalue weighted by Crippen LogP contribution is -2.22. The molecule has 0 unspecified atom stereocenters. The summed E-state index contributed by atoms with van der Waals surface area (Å²) >= 11 is 0. The van der Waals surface area contributed by atoms with Gasteiger partial charge in [-0.25, -0.2) is 4.68 Å². The van der Waals surface area contributed by atoms with Gasteiger partial charge in [0, 0.05) is 18.8 Å². The lowest BCUT2D eigenvalue weighted by atomic mass is 10.1. The fourth-order valence-electron chi connectivity index (χ4n) is 1.52. The first-order valence-corrected chi connectivity index (χ1v) is 5.05. The highest BCUT2D eigenvalue weighted by Gasteiger charge is 2.03. The van der Waals surface area contributed by atoms with E-state index in [1.54, 1.807) is 17.9 Å². The van der Waals surface area contributed by atoms with Gasteiger partial charge in [0.05, 0.1) is 6.20 Å². The van der Waals surface area contributed by atoms with Crippen molar-refractivity contribution in [3.63, 3.8) is 0 Å². The van der Waals surface area contributed by atoms with Crippen molar-refractivity contribution in [1.29, 1.82) is 0 Å². The van der Waals surface area contributed by atoms with Gasteiger partial charge in [-0.1, -0.05) is 29.8 Å². The Morgan fingerprint density at radius 3 is 2.88 bits per heavy atom. The Morgan fingerprint density at radius 1 is 1.38 bits per heavy atom. The molecular weight excluding hydrogens is 200 g/mol. The number of aromatic nitrogens is 2. The van der Waals surface area contributed by atoms with Crippen LogP contribution in [-0.2, 0) is 0 Å². The molecule has 0 bridgehead atoms. The van der Waals surface area contributed by atoms with E-state index in [1.807, 2.05) is 18.3 Å². The van der Waals surface area contributed by atoms with Crippen LogP contribution >= 0.6 is 0 Å². The number of hydrogen-bond acceptors (Lipinski definition) is 2. The van der Waals surface area contributed by atoms with Crippen LogP contribution in [0.1, 0.15) is 5.56 Å². The van der Waals surface area contributed by atoms with Crippen molar-refractivity contribution < 1.29 is 0 Å². The highest BCUT2D eigenvalue weighted by Crippen LogP contribution is 2.19. The molecular formula is C12H14N4. The van der Waals surface area contributed by atoms with Crippen molar-refractivity contribution >= 4 is 5.96 Å². The van der Waals surface area contributed by atoms with E-state index >= 15 is 0 Å². The molecule has 0 aliphatic carbocycles. The summed E-state index contributed by atoms with van der Waals surface area (Å²) in [5.41, 5.74) is 9.06. The molecule has 1 aromatic heterocycles. The maximum absolute atomic E-state index is 5.67. The Balaban J connectivity index is 2.39. The minimum atomic E-state index is 0.388. The number of rotatable bonds is 1. The van der Waals surface area contributed by atoms with E-state index in [9.17, 15) is 0 Å². The zero-order valence-corrected chi connectivity index (χ0v) is 9.38. The molecule has 1 heterocycles. The largest absolute Gasteiger partial charge is 0.368 e. The van der Waals surface area contributed by atoms with Gasteiger partial charge in [0.2, 0.25) is 5.96 Å². The summed E-state index contributed by atoms with van der Waals surface area (Å²) < 4.78 is 1.57. The monoisotopic (exact) mass is 214 g/mol. The zero-order chi connectivity index (χ0) is 11.5. The van der Waals surface area contributed by atoms with Gasteiger partial charge in [0.1, 0.15) is 0 Å². The molecule has 0 amide bonds. The molecule has 2 N–H and O–H groups in total. The molecule has 1 aromatic carbocycles. The molecule has 0 aliphatic heterocycles. The van der Waals surface area contributed by atoms with Crippen LogP contribution < -0.4 is 5.73 Å². The first kappa shape index (κ1) is 10.4. The van der Waals surface area contributed by atoms with Crippen molar-refractivity contribution in [2.45, 2.75) is 6.92 Å². The highest BCUT2D eigenvalue weighted by atomic mass is 15.3. The number of nitrogens with two attached hydrogens (primary N) is 1. The lowest BCUT2D eigenvalue weighted by Gasteiger charge is -1.99. The van der Waals surface area contributed by atoms with Crippen LogP contribution in [0, 0.1) is 6.92 Å². The first-order valence-electron chi connectivity index (χ1n) is 5.05. The number of hydrogen-bond donors (Lipinski definition) is 1. The molecule has 0 spiro atoms. The molecule has 16 heavy (non-hydrogen) atoms. The van der Waals surface area contributed by atoms with Crippen LogP contribution in [0.4, 0.5) is 0 Å². The third kappa shape index (κ3) is 1.95. The Labute approximate surface area is 94.4 Å². The average molecular weight is 214 g/mol. The summed E-state index contributed by atoms with van der Waals surface area (Å²) in [4.78, 5) is 3.88. The van der Waals surface area contributed by atoms with E-state index in [4.69, 9.17) is 5.73 Å². The number of nitrogens with zero attached hydrogens (tertiary/aromatic N) is 3. The Morgan fingerprint density at radius 2 is 2.19 bits per heavy atom. The van der Waals surface area contributed by atoms with Crippen LogP contribution in [-0.4, -0.2) is 22.8 Å². The van der Waals surface area contributed by atoms with Gasteiger partial charge in [-0.15, -0.1) is 0 Å². The molecule has 0 saturated heterocycles. The minimum absolute atomic E-state index is 0.388. The van der Waals surface area contributed by atoms with Crippen LogP contribution in [0.2, 0.25) is 0 Å². The van der Waals surface area contributed by atoms with Gasteiger partial charge in [-0.3, -0.25) is 4.99 Å². The van der Waals surface area contributed by atoms with Crippen molar-refractivity contribution in [3.05, 3.63) is 42.2 Å². The van der Waals surface area contributed by atoms with E-state index < -0.39 is 0 Å². The van der Waals surface area contributed by atoms with Gasteiger partial charge in [-0.05, 0) is 12.5 Å². The molecule has 2 aromatic rings. The Hall–Kier alpha value is -2.10. The van der Waals surface area contributed by atoms with Crippen LogP contribution in [0.5, 0.6) is 0 Å². The third-order valence-electron chi connectivity index (χ3n) is 2.40. The van der Waals surface area contributed by atoms with E-state index in [-0.39, 0.29) is 0 Å². The maximum atomic E-state index is 5.67. The van der Waals surface area contributed by atoms with E-state index in [0.29, 0.717) is 5.96 Å². The average Bonchev–Trinajstić information content (AvgIpc) is 2.77. The Bertz CT molecular complexity index is 525. The van der Waals surface area contributed by atoms with Gasteiger partial charge < -0.3 is 5.73 Å². The zero-order valence-electron chi connectivity index (χ0n) is 9.38. The van der Waals surface area contributed by atoms with E-state index in [0.717, 1.165) is 11.1 Å². The summed E-state index contributed by atoms with van der Waals surface area (Å²) in [6, 6.07) is 8.25. The number of aryl methyl sites for hydroxylation is 1. The molecule has 82 valence electrons. The second-order valence-corrected chi connectivity index (χ2v) is 3.62. The summed E-state index contributed by atoms with van der Waals surface area (Å²) in [6.07, 6.45) is 3.66. The second kappa shape index (κ2) is 4.18. The highest BCUT2D eigenvalue weighted by molar-refractivity contribution is 5.80. The van der Waals surface area contributed by atoms with Gasteiger partial charge >= 0.3 is 0 Å². The predicted octanol–water partition coefficient (Wildman–Crippen LogP) is 1.65. The number of benzene rings is 1.